The molecule has 0 spiro atoms. The number of aryl methyl sites for hydroxylation is 2. The number of rotatable bonds is 5. The molecule has 2 nitrogen and oxygen atoms in total. The Labute approximate surface area is 118 Å². The zero-order chi connectivity index (χ0) is 14.5. The first kappa shape index (κ1) is 14.3. The van der Waals surface area contributed by atoms with Crippen LogP contribution in [0.5, 0.6) is 5.75 Å². The lowest BCUT2D eigenvalue weighted by Crippen LogP contribution is -2.12. The molecule has 0 saturated heterocycles. The second-order valence-corrected chi connectivity index (χ2v) is 4.70. The van der Waals surface area contributed by atoms with E-state index in [1.165, 1.54) is 11.6 Å². The van der Waals surface area contributed by atoms with Crippen LogP contribution in [-0.4, -0.2) is 12.4 Å². The van der Waals surface area contributed by atoms with Gasteiger partial charge in [0, 0.05) is 5.56 Å². The molecule has 0 unspecified atom stereocenters. The summed E-state index contributed by atoms with van der Waals surface area (Å²) in [6.45, 7) is 3.74. The first-order chi connectivity index (χ1) is 9.60. The van der Waals surface area contributed by atoms with Crippen molar-refractivity contribution in [1.29, 1.82) is 0 Å². The SMILES string of the molecule is CCc1ccc(C(=O)COc2cc(C)ccc2F)cc1. The van der Waals surface area contributed by atoms with Crippen LogP contribution in [0.4, 0.5) is 4.39 Å². The summed E-state index contributed by atoms with van der Waals surface area (Å²) in [4.78, 5) is 12.0. The minimum absolute atomic E-state index is 0.114. The van der Waals surface area contributed by atoms with E-state index >= 15 is 0 Å². The Balaban J connectivity index is 2.02. The van der Waals surface area contributed by atoms with Crippen molar-refractivity contribution in [3.63, 3.8) is 0 Å². The Morgan fingerprint density at radius 3 is 2.50 bits per heavy atom. The molecule has 0 aliphatic rings. The highest BCUT2D eigenvalue weighted by Crippen LogP contribution is 2.18. The minimum Gasteiger partial charge on any atom is -0.482 e. The van der Waals surface area contributed by atoms with Crippen LogP contribution in [0.3, 0.4) is 0 Å². The summed E-state index contributed by atoms with van der Waals surface area (Å²) in [5.74, 6) is -0.498. The second kappa shape index (κ2) is 6.33. The number of hydrogen-bond donors (Lipinski definition) is 0. The van der Waals surface area contributed by atoms with E-state index in [0.29, 0.717) is 5.56 Å². The molecule has 2 rings (SSSR count). The summed E-state index contributed by atoms with van der Waals surface area (Å²) in [6.07, 6.45) is 0.930. The Kier molecular flexibility index (Phi) is 4.51. The molecule has 0 aromatic heterocycles. The highest BCUT2D eigenvalue weighted by atomic mass is 19.1. The van der Waals surface area contributed by atoms with Gasteiger partial charge in [0.25, 0.3) is 0 Å². The van der Waals surface area contributed by atoms with Gasteiger partial charge < -0.3 is 4.74 Å². The molecule has 2 aromatic rings. The van der Waals surface area contributed by atoms with Gasteiger partial charge in [-0.25, -0.2) is 4.39 Å². The lowest BCUT2D eigenvalue weighted by molar-refractivity contribution is 0.0918. The summed E-state index contributed by atoms with van der Waals surface area (Å²) in [5.41, 5.74) is 2.64. The van der Waals surface area contributed by atoms with Gasteiger partial charge in [0.05, 0.1) is 0 Å². The Hall–Kier alpha value is -2.16. The number of halogens is 1. The lowest BCUT2D eigenvalue weighted by atomic mass is 10.1. The molecular weight excluding hydrogens is 255 g/mol. The van der Waals surface area contributed by atoms with E-state index in [0.717, 1.165) is 12.0 Å². The third kappa shape index (κ3) is 3.44. The van der Waals surface area contributed by atoms with E-state index in [1.807, 2.05) is 19.1 Å². The molecule has 20 heavy (non-hydrogen) atoms. The van der Waals surface area contributed by atoms with Gasteiger partial charge >= 0.3 is 0 Å². The lowest BCUT2D eigenvalue weighted by Gasteiger charge is -2.08. The molecule has 3 heteroatoms. The summed E-state index contributed by atoms with van der Waals surface area (Å²) in [7, 11) is 0. The highest BCUT2D eigenvalue weighted by Gasteiger charge is 2.09. The van der Waals surface area contributed by atoms with Crippen LogP contribution in [-0.2, 0) is 6.42 Å². The van der Waals surface area contributed by atoms with Crippen molar-refractivity contribution >= 4 is 5.78 Å². The van der Waals surface area contributed by atoms with Gasteiger partial charge in [-0.2, -0.15) is 0 Å². The van der Waals surface area contributed by atoms with E-state index in [-0.39, 0.29) is 18.1 Å². The van der Waals surface area contributed by atoms with Crippen molar-refractivity contribution in [1.82, 2.24) is 0 Å². The van der Waals surface area contributed by atoms with E-state index in [2.05, 4.69) is 6.92 Å². The molecule has 0 aliphatic heterocycles. The predicted octanol–water partition coefficient (Wildman–Crippen LogP) is 3.96. The number of carbonyl (C=O) groups is 1. The standard InChI is InChI=1S/C17H17FO2/c1-3-13-5-7-14(8-6-13)16(19)11-20-17-10-12(2)4-9-15(17)18/h4-10H,3,11H2,1-2H3. The monoisotopic (exact) mass is 272 g/mol. The molecule has 0 fully saturated rings. The van der Waals surface area contributed by atoms with Crippen LogP contribution in [0.2, 0.25) is 0 Å². The van der Waals surface area contributed by atoms with Gasteiger partial charge in [0.15, 0.2) is 24.0 Å². The number of carbonyl (C=O) groups excluding carboxylic acids is 1. The summed E-state index contributed by atoms with van der Waals surface area (Å²) < 4.78 is 18.8. The molecule has 0 radical (unpaired) electrons. The average molecular weight is 272 g/mol. The third-order valence-corrected chi connectivity index (χ3v) is 3.13. The van der Waals surface area contributed by atoms with Crippen molar-refractivity contribution < 1.29 is 13.9 Å². The number of benzene rings is 2. The molecule has 0 atom stereocenters. The van der Waals surface area contributed by atoms with Crippen molar-refractivity contribution in [3.8, 4) is 5.75 Å². The fourth-order valence-electron chi connectivity index (χ4n) is 1.87. The van der Waals surface area contributed by atoms with Crippen molar-refractivity contribution in [2.75, 3.05) is 6.61 Å². The van der Waals surface area contributed by atoms with Gasteiger partial charge in [-0.1, -0.05) is 37.3 Å². The Morgan fingerprint density at radius 2 is 1.85 bits per heavy atom. The molecular formula is C17H17FO2. The van der Waals surface area contributed by atoms with Gasteiger partial charge in [0.2, 0.25) is 0 Å². The van der Waals surface area contributed by atoms with E-state index in [4.69, 9.17) is 4.74 Å². The van der Waals surface area contributed by atoms with E-state index < -0.39 is 5.82 Å². The summed E-state index contributed by atoms with van der Waals surface area (Å²) in [6, 6.07) is 12.0. The van der Waals surface area contributed by atoms with Gasteiger partial charge in [-0.3, -0.25) is 4.79 Å². The van der Waals surface area contributed by atoms with Crippen LogP contribution in [0.15, 0.2) is 42.5 Å². The first-order valence-corrected chi connectivity index (χ1v) is 6.61. The van der Waals surface area contributed by atoms with Crippen LogP contribution in [0, 0.1) is 12.7 Å². The van der Waals surface area contributed by atoms with Gasteiger partial charge in [-0.15, -0.1) is 0 Å². The predicted molar refractivity (Wildman–Crippen MR) is 76.8 cm³/mol. The molecule has 0 aliphatic carbocycles. The topological polar surface area (TPSA) is 26.3 Å². The number of ketones is 1. The second-order valence-electron chi connectivity index (χ2n) is 4.70. The summed E-state index contributed by atoms with van der Waals surface area (Å²) >= 11 is 0. The summed E-state index contributed by atoms with van der Waals surface area (Å²) in [5, 5.41) is 0. The fourth-order valence-corrected chi connectivity index (χ4v) is 1.87. The van der Waals surface area contributed by atoms with Crippen molar-refractivity contribution in [2.45, 2.75) is 20.3 Å². The van der Waals surface area contributed by atoms with Crippen LogP contribution in [0.1, 0.15) is 28.4 Å². The van der Waals surface area contributed by atoms with Crippen molar-refractivity contribution in [3.05, 3.63) is 65.0 Å². The van der Waals surface area contributed by atoms with E-state index in [9.17, 15) is 9.18 Å². The van der Waals surface area contributed by atoms with Crippen LogP contribution >= 0.6 is 0 Å². The maximum Gasteiger partial charge on any atom is 0.200 e. The average Bonchev–Trinajstić information content (AvgIpc) is 2.48. The number of Topliss-reactive ketones (excluding diaryl/α,β-unsaturated/α-hetero) is 1. The zero-order valence-electron chi connectivity index (χ0n) is 11.7. The van der Waals surface area contributed by atoms with Gasteiger partial charge in [-0.05, 0) is 36.6 Å². The largest absolute Gasteiger partial charge is 0.482 e. The molecule has 2 aromatic carbocycles. The number of hydrogen-bond acceptors (Lipinski definition) is 2. The number of ether oxygens (including phenoxy) is 1. The van der Waals surface area contributed by atoms with Gasteiger partial charge in [0.1, 0.15) is 0 Å². The quantitative estimate of drug-likeness (QED) is 0.770. The molecule has 0 heterocycles. The maximum absolute atomic E-state index is 13.5. The first-order valence-electron chi connectivity index (χ1n) is 6.61. The fraction of sp³-hybridized carbons (Fsp3) is 0.235. The Bertz CT molecular complexity index is 603. The Morgan fingerprint density at radius 1 is 1.15 bits per heavy atom. The minimum atomic E-state index is -0.454. The smallest absolute Gasteiger partial charge is 0.200 e. The normalized spacial score (nSPS) is 10.3. The molecule has 0 saturated carbocycles. The maximum atomic E-state index is 13.5. The van der Waals surface area contributed by atoms with Crippen LogP contribution < -0.4 is 4.74 Å². The molecule has 0 amide bonds. The molecule has 0 N–H and O–H groups in total. The molecule has 104 valence electrons. The van der Waals surface area contributed by atoms with Crippen LogP contribution in [0.25, 0.3) is 0 Å². The van der Waals surface area contributed by atoms with Crippen molar-refractivity contribution in [2.24, 2.45) is 0 Å². The van der Waals surface area contributed by atoms with E-state index in [1.54, 1.807) is 24.3 Å². The highest BCUT2D eigenvalue weighted by molar-refractivity contribution is 5.97. The third-order valence-electron chi connectivity index (χ3n) is 3.13. The molecule has 0 bridgehead atoms. The zero-order valence-corrected chi connectivity index (χ0v) is 11.7.